The Morgan fingerprint density at radius 2 is 1.93 bits per heavy atom. The number of nitrogens with zero attached hydrogens (tertiary/aromatic N) is 3. The van der Waals surface area contributed by atoms with Gasteiger partial charge in [0.2, 0.25) is 0 Å². The standard InChI is InChI=1S/C22H25BrN4O2S/c1-2-29-18-7-8-19-20(15-18)30-22(25-19)27-13-11-26(12-14-27)10-9-24-21(28)16-3-5-17(23)6-4-16/h3-8,15H,2,9-14H2,1H3,(H,24,28). The van der Waals surface area contributed by atoms with Crippen molar-refractivity contribution in [1.29, 1.82) is 0 Å². The van der Waals surface area contributed by atoms with Crippen molar-refractivity contribution >= 4 is 48.5 Å². The fourth-order valence-electron chi connectivity index (χ4n) is 3.48. The number of ether oxygens (including phenoxy) is 1. The van der Waals surface area contributed by atoms with Gasteiger partial charge in [0.15, 0.2) is 5.13 Å². The highest BCUT2D eigenvalue weighted by atomic mass is 79.9. The number of benzene rings is 2. The highest BCUT2D eigenvalue weighted by Crippen LogP contribution is 2.31. The van der Waals surface area contributed by atoms with Crippen LogP contribution in [0.1, 0.15) is 17.3 Å². The van der Waals surface area contributed by atoms with Crippen molar-refractivity contribution in [3.63, 3.8) is 0 Å². The summed E-state index contributed by atoms with van der Waals surface area (Å²) in [6.07, 6.45) is 0. The summed E-state index contributed by atoms with van der Waals surface area (Å²) in [6.45, 7) is 7.99. The number of halogens is 1. The zero-order valence-electron chi connectivity index (χ0n) is 16.9. The average molecular weight is 489 g/mol. The van der Waals surface area contributed by atoms with Crippen LogP contribution in [0.2, 0.25) is 0 Å². The minimum Gasteiger partial charge on any atom is -0.494 e. The minimum atomic E-state index is -0.0259. The lowest BCUT2D eigenvalue weighted by Crippen LogP contribution is -2.48. The molecule has 6 nitrogen and oxygen atoms in total. The highest BCUT2D eigenvalue weighted by molar-refractivity contribution is 9.10. The molecule has 1 aliphatic rings. The van der Waals surface area contributed by atoms with Crippen LogP contribution in [-0.2, 0) is 0 Å². The first kappa shape index (κ1) is 21.1. The van der Waals surface area contributed by atoms with Gasteiger partial charge < -0.3 is 15.0 Å². The predicted molar refractivity (Wildman–Crippen MR) is 126 cm³/mol. The monoisotopic (exact) mass is 488 g/mol. The van der Waals surface area contributed by atoms with E-state index in [-0.39, 0.29) is 5.91 Å². The Hall–Kier alpha value is -2.16. The van der Waals surface area contributed by atoms with Crippen LogP contribution in [0.3, 0.4) is 0 Å². The molecule has 0 atom stereocenters. The Morgan fingerprint density at radius 1 is 1.17 bits per heavy atom. The lowest BCUT2D eigenvalue weighted by atomic mass is 10.2. The maximum atomic E-state index is 12.2. The second-order valence-corrected chi connectivity index (χ2v) is 9.08. The summed E-state index contributed by atoms with van der Waals surface area (Å²) in [5.74, 6) is 0.872. The first-order valence-corrected chi connectivity index (χ1v) is 11.8. The van der Waals surface area contributed by atoms with E-state index in [1.54, 1.807) is 11.3 Å². The molecule has 1 saturated heterocycles. The summed E-state index contributed by atoms with van der Waals surface area (Å²) in [5.41, 5.74) is 1.71. The average Bonchev–Trinajstić information content (AvgIpc) is 3.18. The quantitative estimate of drug-likeness (QED) is 0.544. The number of rotatable bonds is 7. The largest absolute Gasteiger partial charge is 0.494 e. The fourth-order valence-corrected chi connectivity index (χ4v) is 4.79. The van der Waals surface area contributed by atoms with Crippen LogP contribution >= 0.6 is 27.3 Å². The van der Waals surface area contributed by atoms with Crippen LogP contribution in [-0.4, -0.2) is 61.7 Å². The molecule has 1 N–H and O–H groups in total. The number of hydrogen-bond acceptors (Lipinski definition) is 6. The normalized spacial score (nSPS) is 14.8. The van der Waals surface area contributed by atoms with Crippen molar-refractivity contribution < 1.29 is 9.53 Å². The van der Waals surface area contributed by atoms with E-state index in [4.69, 9.17) is 9.72 Å². The van der Waals surface area contributed by atoms with E-state index in [1.165, 1.54) is 0 Å². The zero-order valence-corrected chi connectivity index (χ0v) is 19.3. The molecular weight excluding hydrogens is 464 g/mol. The molecule has 0 bridgehead atoms. The fraction of sp³-hybridized carbons (Fsp3) is 0.364. The van der Waals surface area contributed by atoms with Crippen LogP contribution in [0, 0.1) is 0 Å². The van der Waals surface area contributed by atoms with E-state index in [2.05, 4.69) is 37.1 Å². The number of piperazine rings is 1. The molecule has 4 rings (SSSR count). The second kappa shape index (κ2) is 9.76. The van der Waals surface area contributed by atoms with Gasteiger partial charge in [-0.05, 0) is 49.4 Å². The Bertz CT molecular complexity index is 1000. The zero-order chi connectivity index (χ0) is 20.9. The van der Waals surface area contributed by atoms with Crippen LogP contribution in [0.25, 0.3) is 10.2 Å². The third-order valence-electron chi connectivity index (χ3n) is 5.12. The molecule has 0 saturated carbocycles. The van der Waals surface area contributed by atoms with Crippen LogP contribution in [0.4, 0.5) is 5.13 Å². The van der Waals surface area contributed by atoms with Crippen molar-refractivity contribution in [2.24, 2.45) is 0 Å². The number of nitrogens with one attached hydrogen (secondary N) is 1. The van der Waals surface area contributed by atoms with Gasteiger partial charge in [-0.3, -0.25) is 9.69 Å². The molecule has 1 aromatic heterocycles. The molecule has 158 valence electrons. The summed E-state index contributed by atoms with van der Waals surface area (Å²) < 4.78 is 7.73. The minimum absolute atomic E-state index is 0.0259. The third-order valence-corrected chi connectivity index (χ3v) is 6.73. The number of aromatic nitrogens is 1. The Balaban J connectivity index is 1.25. The molecule has 1 amide bonds. The van der Waals surface area contributed by atoms with E-state index >= 15 is 0 Å². The van der Waals surface area contributed by atoms with E-state index in [0.29, 0.717) is 18.7 Å². The summed E-state index contributed by atoms with van der Waals surface area (Å²) in [7, 11) is 0. The van der Waals surface area contributed by atoms with Gasteiger partial charge in [-0.1, -0.05) is 27.3 Å². The molecule has 2 heterocycles. The van der Waals surface area contributed by atoms with Crippen molar-refractivity contribution in [3.8, 4) is 5.75 Å². The molecule has 0 spiro atoms. The summed E-state index contributed by atoms with van der Waals surface area (Å²) in [6, 6.07) is 13.5. The molecule has 3 aromatic rings. The number of thiazole rings is 1. The molecule has 30 heavy (non-hydrogen) atoms. The van der Waals surface area contributed by atoms with Crippen molar-refractivity contribution in [2.45, 2.75) is 6.92 Å². The van der Waals surface area contributed by atoms with Gasteiger partial charge in [0.25, 0.3) is 5.91 Å². The lowest BCUT2D eigenvalue weighted by Gasteiger charge is -2.34. The number of anilines is 1. The molecule has 0 radical (unpaired) electrons. The Kier molecular flexibility index (Phi) is 6.86. The predicted octanol–water partition coefficient (Wildman–Crippen LogP) is 4.01. The van der Waals surface area contributed by atoms with Gasteiger partial charge in [0, 0.05) is 49.3 Å². The van der Waals surface area contributed by atoms with Gasteiger partial charge in [-0.15, -0.1) is 0 Å². The summed E-state index contributed by atoms with van der Waals surface area (Å²) in [4.78, 5) is 21.8. The smallest absolute Gasteiger partial charge is 0.251 e. The van der Waals surface area contributed by atoms with Crippen molar-refractivity contribution in [1.82, 2.24) is 15.2 Å². The van der Waals surface area contributed by atoms with Crippen molar-refractivity contribution in [2.75, 3.05) is 50.8 Å². The molecule has 0 unspecified atom stereocenters. The topological polar surface area (TPSA) is 57.7 Å². The molecular formula is C22H25BrN4O2S. The van der Waals surface area contributed by atoms with Crippen LogP contribution < -0.4 is 15.0 Å². The molecule has 1 aliphatic heterocycles. The SMILES string of the molecule is CCOc1ccc2nc(N3CCN(CCNC(=O)c4ccc(Br)cc4)CC3)sc2c1. The first-order valence-electron chi connectivity index (χ1n) is 10.2. The maximum absolute atomic E-state index is 12.2. The van der Waals surface area contributed by atoms with Gasteiger partial charge in [0.05, 0.1) is 16.8 Å². The Labute approximate surface area is 189 Å². The van der Waals surface area contributed by atoms with Crippen LogP contribution in [0.5, 0.6) is 5.75 Å². The highest BCUT2D eigenvalue weighted by Gasteiger charge is 2.20. The summed E-state index contributed by atoms with van der Waals surface area (Å²) >= 11 is 5.11. The van der Waals surface area contributed by atoms with Crippen molar-refractivity contribution in [3.05, 3.63) is 52.5 Å². The number of carbonyl (C=O) groups excluding carboxylic acids is 1. The van der Waals surface area contributed by atoms with E-state index in [9.17, 15) is 4.79 Å². The van der Waals surface area contributed by atoms with Crippen LogP contribution in [0.15, 0.2) is 46.9 Å². The molecule has 1 fully saturated rings. The number of fused-ring (bicyclic) bond motifs is 1. The molecule has 2 aromatic carbocycles. The van der Waals surface area contributed by atoms with E-state index < -0.39 is 0 Å². The third kappa shape index (κ3) is 5.11. The number of hydrogen-bond donors (Lipinski definition) is 1. The maximum Gasteiger partial charge on any atom is 0.251 e. The van der Waals surface area contributed by atoms with Gasteiger partial charge >= 0.3 is 0 Å². The first-order chi connectivity index (χ1) is 14.6. The second-order valence-electron chi connectivity index (χ2n) is 7.15. The molecule has 0 aliphatic carbocycles. The summed E-state index contributed by atoms with van der Waals surface area (Å²) in [5, 5.41) is 4.08. The van der Waals surface area contributed by atoms with Gasteiger partial charge in [0.1, 0.15) is 5.75 Å². The number of amides is 1. The van der Waals surface area contributed by atoms with Gasteiger partial charge in [-0.2, -0.15) is 0 Å². The molecule has 8 heteroatoms. The number of carbonyl (C=O) groups is 1. The van der Waals surface area contributed by atoms with Gasteiger partial charge in [-0.25, -0.2) is 4.98 Å². The Morgan fingerprint density at radius 3 is 2.67 bits per heavy atom. The van der Waals surface area contributed by atoms with E-state index in [0.717, 1.165) is 58.3 Å². The van der Waals surface area contributed by atoms with E-state index in [1.807, 2.05) is 43.3 Å². The lowest BCUT2D eigenvalue weighted by molar-refractivity contribution is 0.0948.